The van der Waals surface area contributed by atoms with Gasteiger partial charge in [-0.25, -0.2) is 0 Å². The number of hydrogen-bond donors (Lipinski definition) is 1. The Morgan fingerprint density at radius 3 is 2.85 bits per heavy atom. The smallest absolute Gasteiger partial charge is 0.0624 e. The van der Waals surface area contributed by atoms with Crippen LogP contribution in [-0.4, -0.2) is 4.57 Å². The summed E-state index contributed by atoms with van der Waals surface area (Å²) in [5.74, 6) is 0.775. The van der Waals surface area contributed by atoms with E-state index in [2.05, 4.69) is 64.4 Å². The van der Waals surface area contributed by atoms with Crippen LogP contribution in [0.1, 0.15) is 5.69 Å². The third-order valence-corrected chi connectivity index (χ3v) is 3.23. The fraction of sp³-hybridized carbons (Fsp3) is 0.200. The Kier molecular flexibility index (Phi) is 2.39. The highest BCUT2D eigenvalue weighted by molar-refractivity contribution is 9.10. The summed E-state index contributed by atoms with van der Waals surface area (Å²) in [7, 11) is 2.07. The molecule has 13 heavy (non-hydrogen) atoms. The van der Waals surface area contributed by atoms with Crippen molar-refractivity contribution in [1.29, 1.82) is 0 Å². The van der Waals surface area contributed by atoms with E-state index in [9.17, 15) is 0 Å². The van der Waals surface area contributed by atoms with Crippen LogP contribution in [0, 0.1) is 0 Å². The lowest BCUT2D eigenvalue weighted by molar-refractivity contribution is 0.909. The van der Waals surface area contributed by atoms with Gasteiger partial charge in [-0.15, -0.1) is 0 Å². The first-order valence-corrected chi connectivity index (χ1v) is 5.50. The molecule has 0 saturated heterocycles. The number of aromatic nitrogens is 1. The van der Waals surface area contributed by atoms with Crippen LogP contribution in [0.3, 0.4) is 0 Å². The zero-order valence-corrected chi connectivity index (χ0v) is 9.77. The summed E-state index contributed by atoms with van der Waals surface area (Å²) in [4.78, 5) is 0. The lowest BCUT2D eigenvalue weighted by atomic mass is 10.2. The van der Waals surface area contributed by atoms with E-state index in [4.69, 9.17) is 0 Å². The van der Waals surface area contributed by atoms with Gasteiger partial charge in [0, 0.05) is 28.4 Å². The molecule has 0 unspecified atom stereocenters. The second-order valence-corrected chi connectivity index (χ2v) is 4.20. The van der Waals surface area contributed by atoms with E-state index < -0.39 is 0 Å². The minimum absolute atomic E-state index is 0.775. The highest BCUT2D eigenvalue weighted by Gasteiger charge is 2.06. The summed E-state index contributed by atoms with van der Waals surface area (Å²) in [6, 6.07) is 8.40. The fourth-order valence-corrected chi connectivity index (χ4v) is 2.52. The summed E-state index contributed by atoms with van der Waals surface area (Å²) in [6.45, 7) is 0. The Labute approximate surface area is 91.3 Å². The van der Waals surface area contributed by atoms with Gasteiger partial charge in [-0.2, -0.15) is 12.6 Å². The molecule has 0 radical (unpaired) electrons. The minimum atomic E-state index is 0.775. The molecule has 0 saturated carbocycles. The van der Waals surface area contributed by atoms with Crippen molar-refractivity contribution in [1.82, 2.24) is 4.57 Å². The van der Waals surface area contributed by atoms with Crippen molar-refractivity contribution in [2.75, 3.05) is 0 Å². The monoisotopic (exact) mass is 255 g/mol. The topological polar surface area (TPSA) is 4.93 Å². The van der Waals surface area contributed by atoms with Gasteiger partial charge in [0.25, 0.3) is 0 Å². The molecule has 1 nitrogen and oxygen atoms in total. The third-order valence-electron chi connectivity index (χ3n) is 2.27. The van der Waals surface area contributed by atoms with E-state index in [1.807, 2.05) is 0 Å². The molecule has 1 aromatic carbocycles. The number of fused-ring (bicyclic) bond motifs is 1. The Balaban J connectivity index is 2.85. The summed E-state index contributed by atoms with van der Waals surface area (Å²) in [5.41, 5.74) is 2.48. The Hall–Kier alpha value is -0.410. The molecular formula is C10H10BrNS. The van der Waals surface area contributed by atoms with Crippen LogP contribution in [0.2, 0.25) is 0 Å². The fourth-order valence-electron chi connectivity index (χ4n) is 1.57. The summed E-state index contributed by atoms with van der Waals surface area (Å²) < 4.78 is 3.31. The molecule has 0 aliphatic heterocycles. The largest absolute Gasteiger partial charge is 0.346 e. The number of nitrogens with zero attached hydrogens (tertiary/aromatic N) is 1. The standard InChI is InChI=1S/C10H10BrNS/c1-12-8(6-13)5-7-3-2-4-9(11)10(7)12/h2-5,13H,6H2,1H3. The van der Waals surface area contributed by atoms with Crippen LogP contribution >= 0.6 is 28.6 Å². The Morgan fingerprint density at radius 1 is 1.46 bits per heavy atom. The van der Waals surface area contributed by atoms with Gasteiger partial charge in [0.15, 0.2) is 0 Å². The predicted octanol–water partition coefficient (Wildman–Crippen LogP) is 3.37. The molecule has 0 N–H and O–H groups in total. The van der Waals surface area contributed by atoms with Crippen LogP contribution in [-0.2, 0) is 12.8 Å². The Bertz CT molecular complexity index is 447. The van der Waals surface area contributed by atoms with Gasteiger partial charge in [-0.05, 0) is 28.1 Å². The Morgan fingerprint density at radius 2 is 2.23 bits per heavy atom. The van der Waals surface area contributed by atoms with E-state index in [1.54, 1.807) is 0 Å². The quantitative estimate of drug-likeness (QED) is 0.746. The second-order valence-electron chi connectivity index (χ2n) is 3.03. The van der Waals surface area contributed by atoms with Crippen molar-refractivity contribution in [3.63, 3.8) is 0 Å². The molecular weight excluding hydrogens is 246 g/mol. The molecule has 2 aromatic rings. The van der Waals surface area contributed by atoms with Crippen molar-refractivity contribution in [3.05, 3.63) is 34.4 Å². The summed E-state index contributed by atoms with van der Waals surface area (Å²) in [5, 5.41) is 1.26. The number of aryl methyl sites for hydroxylation is 1. The first kappa shape index (κ1) is 9.16. The minimum Gasteiger partial charge on any atom is -0.346 e. The van der Waals surface area contributed by atoms with E-state index in [1.165, 1.54) is 16.6 Å². The van der Waals surface area contributed by atoms with Crippen molar-refractivity contribution >= 4 is 39.5 Å². The number of thiol groups is 1. The van der Waals surface area contributed by atoms with Crippen LogP contribution in [0.5, 0.6) is 0 Å². The molecule has 3 heteroatoms. The van der Waals surface area contributed by atoms with Crippen molar-refractivity contribution < 1.29 is 0 Å². The zero-order valence-electron chi connectivity index (χ0n) is 7.29. The van der Waals surface area contributed by atoms with Crippen molar-refractivity contribution in [2.24, 2.45) is 7.05 Å². The van der Waals surface area contributed by atoms with Gasteiger partial charge in [-0.3, -0.25) is 0 Å². The van der Waals surface area contributed by atoms with Gasteiger partial charge in [0.1, 0.15) is 0 Å². The maximum Gasteiger partial charge on any atom is 0.0624 e. The van der Waals surface area contributed by atoms with Crippen molar-refractivity contribution in [2.45, 2.75) is 5.75 Å². The van der Waals surface area contributed by atoms with Gasteiger partial charge < -0.3 is 4.57 Å². The molecule has 2 rings (SSSR count). The lowest BCUT2D eigenvalue weighted by Crippen LogP contribution is -1.92. The van der Waals surface area contributed by atoms with Gasteiger partial charge in [-0.1, -0.05) is 12.1 Å². The van der Waals surface area contributed by atoms with Gasteiger partial charge in [0.05, 0.1) is 5.52 Å². The molecule has 0 aliphatic carbocycles. The first-order chi connectivity index (χ1) is 6.24. The van der Waals surface area contributed by atoms with Crippen LogP contribution in [0.4, 0.5) is 0 Å². The summed E-state index contributed by atoms with van der Waals surface area (Å²) in [6.07, 6.45) is 0. The molecule has 0 spiro atoms. The predicted molar refractivity (Wildman–Crippen MR) is 63.3 cm³/mol. The maximum absolute atomic E-state index is 4.29. The van der Waals surface area contributed by atoms with E-state index >= 15 is 0 Å². The van der Waals surface area contributed by atoms with Crippen LogP contribution < -0.4 is 0 Å². The summed E-state index contributed by atoms with van der Waals surface area (Å²) >= 11 is 7.83. The average Bonchev–Trinajstić information content (AvgIpc) is 2.44. The van der Waals surface area contributed by atoms with Gasteiger partial charge >= 0.3 is 0 Å². The van der Waals surface area contributed by atoms with E-state index in [-0.39, 0.29) is 0 Å². The van der Waals surface area contributed by atoms with Gasteiger partial charge in [0.2, 0.25) is 0 Å². The second kappa shape index (κ2) is 3.39. The molecule has 68 valence electrons. The average molecular weight is 256 g/mol. The SMILES string of the molecule is Cn1c(CS)cc2cccc(Br)c21. The number of halogens is 1. The number of para-hydroxylation sites is 1. The molecule has 0 amide bonds. The molecule has 0 fully saturated rings. The highest BCUT2D eigenvalue weighted by Crippen LogP contribution is 2.26. The molecule has 0 atom stereocenters. The number of hydrogen-bond acceptors (Lipinski definition) is 1. The normalized spacial score (nSPS) is 11.0. The number of rotatable bonds is 1. The molecule has 1 heterocycles. The molecule has 0 bridgehead atoms. The highest BCUT2D eigenvalue weighted by atomic mass is 79.9. The van der Waals surface area contributed by atoms with Crippen LogP contribution in [0.15, 0.2) is 28.7 Å². The maximum atomic E-state index is 4.29. The molecule has 1 aromatic heterocycles. The molecule has 0 aliphatic rings. The first-order valence-electron chi connectivity index (χ1n) is 4.07. The van der Waals surface area contributed by atoms with E-state index in [0.717, 1.165) is 10.2 Å². The van der Waals surface area contributed by atoms with Crippen molar-refractivity contribution in [3.8, 4) is 0 Å². The van der Waals surface area contributed by atoms with E-state index in [0.29, 0.717) is 0 Å². The lowest BCUT2D eigenvalue weighted by Gasteiger charge is -2.01. The number of benzene rings is 1. The third kappa shape index (κ3) is 1.40. The zero-order chi connectivity index (χ0) is 9.42. The van der Waals surface area contributed by atoms with Crippen LogP contribution in [0.25, 0.3) is 10.9 Å².